The third-order valence-corrected chi connectivity index (χ3v) is 2.81. The number of rotatable bonds is 3. The van der Waals surface area contributed by atoms with Gasteiger partial charge in [-0.05, 0) is 31.3 Å². The Morgan fingerprint density at radius 2 is 2.00 bits per heavy atom. The van der Waals surface area contributed by atoms with E-state index in [0.29, 0.717) is 6.42 Å². The minimum absolute atomic E-state index is 0.00352. The maximum absolute atomic E-state index is 11.4. The van der Waals surface area contributed by atoms with Gasteiger partial charge in [-0.25, -0.2) is 0 Å². The van der Waals surface area contributed by atoms with Crippen molar-refractivity contribution >= 4 is 11.6 Å². The van der Waals surface area contributed by atoms with Gasteiger partial charge in [0.1, 0.15) is 5.78 Å². The van der Waals surface area contributed by atoms with Crippen LogP contribution in [0.25, 0.3) is 0 Å². The molecular formula is C13H18O2. The lowest BCUT2D eigenvalue weighted by Gasteiger charge is -2.21. The van der Waals surface area contributed by atoms with Crippen molar-refractivity contribution in [1.29, 1.82) is 0 Å². The van der Waals surface area contributed by atoms with Crippen LogP contribution in [0, 0.1) is 5.41 Å². The minimum Gasteiger partial charge on any atom is -0.300 e. The van der Waals surface area contributed by atoms with Gasteiger partial charge in [-0.2, -0.15) is 0 Å². The van der Waals surface area contributed by atoms with Gasteiger partial charge in [0, 0.05) is 12.0 Å². The zero-order chi connectivity index (χ0) is 11.6. The molecule has 0 spiro atoms. The van der Waals surface area contributed by atoms with Crippen molar-refractivity contribution in [3.8, 4) is 0 Å². The number of allylic oxidation sites excluding steroid dienone is 4. The summed E-state index contributed by atoms with van der Waals surface area (Å²) >= 11 is 0. The first-order chi connectivity index (χ1) is 6.84. The van der Waals surface area contributed by atoms with E-state index in [0.717, 1.165) is 17.6 Å². The molecule has 0 aliphatic heterocycles. The molecule has 0 amide bonds. The van der Waals surface area contributed by atoms with Crippen LogP contribution in [0.15, 0.2) is 23.3 Å². The molecule has 82 valence electrons. The summed E-state index contributed by atoms with van der Waals surface area (Å²) in [6.07, 6.45) is 5.19. The number of carbonyl (C=O) groups excluding carboxylic acids is 2. The van der Waals surface area contributed by atoms with Gasteiger partial charge in [0.15, 0.2) is 5.78 Å². The third-order valence-electron chi connectivity index (χ3n) is 2.81. The van der Waals surface area contributed by atoms with Crippen LogP contribution in [-0.2, 0) is 9.59 Å². The molecule has 0 fully saturated rings. The first kappa shape index (κ1) is 11.9. The summed E-state index contributed by atoms with van der Waals surface area (Å²) in [6, 6.07) is 0. The molecule has 15 heavy (non-hydrogen) atoms. The molecule has 2 heteroatoms. The van der Waals surface area contributed by atoms with Gasteiger partial charge in [0.25, 0.3) is 0 Å². The summed E-state index contributed by atoms with van der Waals surface area (Å²) in [5, 5.41) is 0. The smallest absolute Gasteiger partial charge is 0.159 e. The van der Waals surface area contributed by atoms with E-state index in [1.54, 1.807) is 13.8 Å². The molecule has 2 nitrogen and oxygen atoms in total. The maximum Gasteiger partial charge on any atom is 0.159 e. The minimum atomic E-state index is -0.00352. The highest BCUT2D eigenvalue weighted by Gasteiger charge is 2.31. The third kappa shape index (κ3) is 2.65. The molecule has 0 aromatic heterocycles. The van der Waals surface area contributed by atoms with E-state index in [1.807, 2.05) is 12.2 Å². The monoisotopic (exact) mass is 206 g/mol. The molecule has 0 saturated carbocycles. The van der Waals surface area contributed by atoms with Gasteiger partial charge in [-0.15, -0.1) is 0 Å². The molecule has 0 aromatic rings. The molecule has 0 saturated heterocycles. The van der Waals surface area contributed by atoms with E-state index in [1.165, 1.54) is 0 Å². The second-order valence-electron chi connectivity index (χ2n) is 4.79. The van der Waals surface area contributed by atoms with Crippen molar-refractivity contribution in [3.63, 3.8) is 0 Å². The van der Waals surface area contributed by atoms with Gasteiger partial charge >= 0.3 is 0 Å². The Hall–Kier alpha value is -1.18. The highest BCUT2D eigenvalue weighted by Crippen LogP contribution is 2.42. The zero-order valence-corrected chi connectivity index (χ0v) is 9.89. The molecule has 0 bridgehead atoms. The fourth-order valence-electron chi connectivity index (χ4n) is 1.91. The lowest BCUT2D eigenvalue weighted by Crippen LogP contribution is -2.12. The van der Waals surface area contributed by atoms with Gasteiger partial charge in [0.2, 0.25) is 0 Å². The predicted octanol–water partition coefficient (Wildman–Crippen LogP) is 2.84. The Balaban J connectivity index is 2.99. The van der Waals surface area contributed by atoms with Crippen molar-refractivity contribution in [2.75, 3.05) is 0 Å². The number of ketones is 2. The summed E-state index contributed by atoms with van der Waals surface area (Å²) in [5.74, 6) is 0.225. The Labute approximate surface area is 91.1 Å². The van der Waals surface area contributed by atoms with Gasteiger partial charge in [-0.1, -0.05) is 26.0 Å². The first-order valence-electron chi connectivity index (χ1n) is 5.26. The first-order valence-corrected chi connectivity index (χ1v) is 5.26. The van der Waals surface area contributed by atoms with Crippen molar-refractivity contribution < 1.29 is 9.59 Å². The number of carbonyl (C=O) groups is 2. The molecule has 1 aliphatic rings. The summed E-state index contributed by atoms with van der Waals surface area (Å²) in [4.78, 5) is 22.3. The van der Waals surface area contributed by atoms with Crippen LogP contribution >= 0.6 is 0 Å². The van der Waals surface area contributed by atoms with Crippen LogP contribution in [0.4, 0.5) is 0 Å². The summed E-state index contributed by atoms with van der Waals surface area (Å²) in [7, 11) is 0. The van der Waals surface area contributed by atoms with Crippen LogP contribution in [-0.4, -0.2) is 11.6 Å². The van der Waals surface area contributed by atoms with E-state index >= 15 is 0 Å². The summed E-state index contributed by atoms with van der Waals surface area (Å²) in [5.41, 5.74) is 1.82. The average molecular weight is 206 g/mol. The largest absolute Gasteiger partial charge is 0.300 e. The molecule has 1 aliphatic carbocycles. The molecule has 0 unspecified atom stereocenters. The Morgan fingerprint density at radius 3 is 2.47 bits per heavy atom. The van der Waals surface area contributed by atoms with E-state index in [4.69, 9.17) is 0 Å². The van der Waals surface area contributed by atoms with Crippen LogP contribution < -0.4 is 0 Å². The van der Waals surface area contributed by atoms with Crippen LogP contribution in [0.2, 0.25) is 0 Å². The van der Waals surface area contributed by atoms with Crippen molar-refractivity contribution in [3.05, 3.63) is 23.3 Å². The normalized spacial score (nSPS) is 21.6. The van der Waals surface area contributed by atoms with Crippen molar-refractivity contribution in [1.82, 2.24) is 0 Å². The molecule has 0 atom stereocenters. The van der Waals surface area contributed by atoms with E-state index in [2.05, 4.69) is 13.8 Å². The molecule has 0 N–H and O–H groups in total. The fraction of sp³-hybridized carbons (Fsp3) is 0.538. The van der Waals surface area contributed by atoms with Gasteiger partial charge in [-0.3, -0.25) is 9.59 Å². The highest BCUT2D eigenvalue weighted by atomic mass is 16.1. The van der Waals surface area contributed by atoms with Crippen molar-refractivity contribution in [2.24, 2.45) is 5.41 Å². The van der Waals surface area contributed by atoms with E-state index in [-0.39, 0.29) is 17.0 Å². The Bertz CT molecular complexity index is 357. The molecule has 0 heterocycles. The Morgan fingerprint density at radius 1 is 1.40 bits per heavy atom. The molecule has 0 radical (unpaired) electrons. The van der Waals surface area contributed by atoms with E-state index in [9.17, 15) is 9.59 Å². The lowest BCUT2D eigenvalue weighted by atomic mass is 9.82. The molecule has 0 aromatic carbocycles. The second kappa shape index (κ2) is 4.13. The lowest BCUT2D eigenvalue weighted by molar-refractivity contribution is -0.116. The van der Waals surface area contributed by atoms with Crippen LogP contribution in [0.5, 0.6) is 0 Å². The highest BCUT2D eigenvalue weighted by molar-refractivity contribution is 5.99. The SMILES string of the molecule is CC(=O)C/C=C1/C(C(C)=O)=CCC1(C)C. The standard InChI is InChI=1S/C13H18O2/c1-9(14)5-6-12-11(10(2)15)7-8-13(12,3)4/h6-7H,5,8H2,1-4H3/b12-6-. The number of hydrogen-bond acceptors (Lipinski definition) is 2. The van der Waals surface area contributed by atoms with E-state index < -0.39 is 0 Å². The van der Waals surface area contributed by atoms with Crippen LogP contribution in [0.1, 0.15) is 40.5 Å². The van der Waals surface area contributed by atoms with Gasteiger partial charge in [0.05, 0.1) is 0 Å². The summed E-state index contributed by atoms with van der Waals surface area (Å²) in [6.45, 7) is 7.35. The van der Waals surface area contributed by atoms with Gasteiger partial charge < -0.3 is 0 Å². The molecule has 1 rings (SSSR count). The number of hydrogen-bond donors (Lipinski definition) is 0. The average Bonchev–Trinajstić information content (AvgIpc) is 2.37. The maximum atomic E-state index is 11.4. The fourth-order valence-corrected chi connectivity index (χ4v) is 1.91. The number of Topliss-reactive ketones (excluding diaryl/α,β-unsaturated/α-hetero) is 2. The quantitative estimate of drug-likeness (QED) is 0.711. The Kier molecular flexibility index (Phi) is 3.28. The zero-order valence-electron chi connectivity index (χ0n) is 9.89. The second-order valence-corrected chi connectivity index (χ2v) is 4.79. The summed E-state index contributed by atoms with van der Waals surface area (Å²) < 4.78 is 0. The topological polar surface area (TPSA) is 34.1 Å². The van der Waals surface area contributed by atoms with Crippen molar-refractivity contribution in [2.45, 2.75) is 40.5 Å². The van der Waals surface area contributed by atoms with Crippen LogP contribution in [0.3, 0.4) is 0 Å². The predicted molar refractivity (Wildman–Crippen MR) is 60.5 cm³/mol. The molecular weight excluding hydrogens is 188 g/mol.